The van der Waals surface area contributed by atoms with E-state index in [4.69, 9.17) is 14.9 Å². The predicted octanol–water partition coefficient (Wildman–Crippen LogP) is 2.23. The van der Waals surface area contributed by atoms with Crippen LogP contribution in [0.4, 0.5) is 0 Å². The normalized spacial score (nSPS) is 26.6. The first-order chi connectivity index (χ1) is 14.8. The van der Waals surface area contributed by atoms with Crippen molar-refractivity contribution in [2.24, 2.45) is 17.3 Å². The molecule has 4 atom stereocenters. The van der Waals surface area contributed by atoms with Crippen molar-refractivity contribution in [3.05, 3.63) is 35.4 Å². The number of benzene rings is 1. The Morgan fingerprint density at radius 1 is 1.23 bits per heavy atom. The molecule has 0 spiro atoms. The van der Waals surface area contributed by atoms with Crippen LogP contribution in [0.2, 0.25) is 0 Å². The van der Waals surface area contributed by atoms with Crippen molar-refractivity contribution in [3.63, 3.8) is 0 Å². The Morgan fingerprint density at radius 2 is 1.94 bits per heavy atom. The van der Waals surface area contributed by atoms with Crippen LogP contribution in [-0.2, 0) is 0 Å². The van der Waals surface area contributed by atoms with Crippen molar-refractivity contribution in [3.8, 4) is 29.7 Å². The lowest BCUT2D eigenvalue weighted by molar-refractivity contribution is -0.878. The van der Waals surface area contributed by atoms with E-state index < -0.39 is 17.3 Å². The van der Waals surface area contributed by atoms with Crippen LogP contribution >= 0.6 is 0 Å². The van der Waals surface area contributed by atoms with Crippen molar-refractivity contribution >= 4 is 5.71 Å². The van der Waals surface area contributed by atoms with Gasteiger partial charge >= 0.3 is 0 Å². The molecule has 1 saturated carbocycles. The maximum atomic E-state index is 10.2. The molecule has 1 fully saturated rings. The highest BCUT2D eigenvalue weighted by Gasteiger charge is 2.58. The van der Waals surface area contributed by atoms with Crippen molar-refractivity contribution in [1.82, 2.24) is 0 Å². The molecule has 1 aliphatic heterocycles. The average molecular weight is 419 g/mol. The molecule has 1 aromatic carbocycles. The van der Waals surface area contributed by atoms with Gasteiger partial charge in [-0.3, -0.25) is 0 Å². The first-order valence-electron chi connectivity index (χ1n) is 10.6. The fraction of sp³-hybridized carbons (Fsp3) is 0.500. The number of hydrogen-bond acceptors (Lipinski definition) is 6. The summed E-state index contributed by atoms with van der Waals surface area (Å²) in [5, 5.41) is 38.8. The first-order valence-corrected chi connectivity index (χ1v) is 10.6. The molecule has 1 aliphatic carbocycles. The number of ether oxygens (including phenoxy) is 2. The lowest BCUT2D eigenvalue weighted by Gasteiger charge is -2.46. The Hall–Kier alpha value is -3.34. The number of nitriles is 3. The molecule has 0 bridgehead atoms. The van der Waals surface area contributed by atoms with E-state index >= 15 is 0 Å². The molecule has 0 aromatic heterocycles. The zero-order valence-electron chi connectivity index (χ0n) is 18.4. The summed E-state index contributed by atoms with van der Waals surface area (Å²) in [6, 6.07) is 11.9. The molecule has 2 N–H and O–H groups in total. The lowest BCUT2D eigenvalue weighted by atomic mass is 9.54. The minimum atomic E-state index is -1.72. The van der Waals surface area contributed by atoms with Gasteiger partial charge in [-0.05, 0) is 50.1 Å². The Kier molecular flexibility index (Phi) is 6.34. The third-order valence-electron chi connectivity index (χ3n) is 6.07. The molecule has 0 radical (unpaired) electrons. The fourth-order valence-corrected chi connectivity index (χ4v) is 4.77. The van der Waals surface area contributed by atoms with Gasteiger partial charge in [0.15, 0.2) is 16.9 Å². The molecular formula is C24H28N5O2+. The summed E-state index contributed by atoms with van der Waals surface area (Å²) in [4.78, 5) is 1.23. The zero-order chi connectivity index (χ0) is 22.8. The standard InChI is InChI=1S/C24H27N5O2/c1-5-30-21-10-16(6-7-20(21)31-15(2)3)22-19-12-29(4)9-8-17(19)18(11-25)23(28)24(22,13-26)14-27/h6-8,10,15,18-19,22,28H,5,9,12H2,1-4H3/p+1/t18-,19+,22-/m1/s1. The average Bonchev–Trinajstić information content (AvgIpc) is 2.74. The van der Waals surface area contributed by atoms with Gasteiger partial charge in [0.2, 0.25) is 0 Å². The van der Waals surface area contributed by atoms with Gasteiger partial charge in [0, 0.05) is 11.8 Å². The van der Waals surface area contributed by atoms with Crippen LogP contribution in [-0.4, -0.2) is 38.6 Å². The van der Waals surface area contributed by atoms with E-state index in [0.717, 1.165) is 17.7 Å². The summed E-state index contributed by atoms with van der Waals surface area (Å²) in [6.07, 6.45) is 1.98. The largest absolute Gasteiger partial charge is 0.490 e. The molecule has 0 saturated heterocycles. The SMILES string of the molecule is CCOc1cc([C@@H]2[C@H]3C[NH+](C)CC=C3[C@@H](C#N)C(=N)C2(C#N)C#N)ccc1OC(C)C. The van der Waals surface area contributed by atoms with Crippen molar-refractivity contribution in [1.29, 1.82) is 21.2 Å². The minimum absolute atomic E-state index is 0.0354. The summed E-state index contributed by atoms with van der Waals surface area (Å²) < 4.78 is 11.7. The van der Waals surface area contributed by atoms with Crippen LogP contribution < -0.4 is 14.4 Å². The highest BCUT2D eigenvalue weighted by Crippen LogP contribution is 2.53. The number of nitrogens with one attached hydrogen (secondary N) is 2. The second-order valence-corrected chi connectivity index (χ2v) is 8.47. The van der Waals surface area contributed by atoms with Gasteiger partial charge < -0.3 is 19.8 Å². The monoisotopic (exact) mass is 418 g/mol. The Labute approximate surface area is 183 Å². The summed E-state index contributed by atoms with van der Waals surface area (Å²) >= 11 is 0. The summed E-state index contributed by atoms with van der Waals surface area (Å²) in [5.74, 6) is -0.465. The van der Waals surface area contributed by atoms with Crippen molar-refractivity contribution in [2.75, 3.05) is 26.7 Å². The molecular weight excluding hydrogens is 390 g/mol. The van der Waals surface area contributed by atoms with E-state index in [2.05, 4.69) is 25.3 Å². The molecule has 1 unspecified atom stereocenters. The van der Waals surface area contributed by atoms with Gasteiger partial charge in [0.1, 0.15) is 5.92 Å². The molecule has 7 heteroatoms. The van der Waals surface area contributed by atoms with Gasteiger partial charge in [-0.15, -0.1) is 0 Å². The van der Waals surface area contributed by atoms with Crippen LogP contribution in [0.1, 0.15) is 32.3 Å². The number of quaternary nitrogens is 1. The van der Waals surface area contributed by atoms with Gasteiger partial charge in [-0.2, -0.15) is 15.8 Å². The molecule has 2 aliphatic rings. The fourth-order valence-electron chi connectivity index (χ4n) is 4.77. The molecule has 1 aromatic rings. The second kappa shape index (κ2) is 8.80. The molecule has 0 amide bonds. The Bertz CT molecular complexity index is 1010. The van der Waals surface area contributed by atoms with Crippen LogP contribution in [0, 0.1) is 56.7 Å². The van der Waals surface area contributed by atoms with E-state index in [9.17, 15) is 15.8 Å². The summed E-state index contributed by atoms with van der Waals surface area (Å²) in [6.45, 7) is 7.63. The van der Waals surface area contributed by atoms with Gasteiger partial charge in [0.05, 0.1) is 56.8 Å². The van der Waals surface area contributed by atoms with Gasteiger partial charge in [-0.1, -0.05) is 6.07 Å². The Balaban J connectivity index is 2.22. The van der Waals surface area contributed by atoms with Gasteiger partial charge in [-0.25, -0.2) is 0 Å². The van der Waals surface area contributed by atoms with Crippen LogP contribution in [0.25, 0.3) is 0 Å². The third-order valence-corrected chi connectivity index (χ3v) is 6.07. The molecule has 7 nitrogen and oxygen atoms in total. The van der Waals surface area contributed by atoms with E-state index in [1.165, 1.54) is 4.90 Å². The van der Waals surface area contributed by atoms with Gasteiger partial charge in [0.25, 0.3) is 0 Å². The maximum Gasteiger partial charge on any atom is 0.189 e. The minimum Gasteiger partial charge on any atom is -0.490 e. The van der Waals surface area contributed by atoms with Crippen molar-refractivity contribution in [2.45, 2.75) is 32.8 Å². The quantitative estimate of drug-likeness (QED) is 0.711. The highest BCUT2D eigenvalue weighted by atomic mass is 16.5. The topological polar surface area (TPSA) is 118 Å². The van der Waals surface area contributed by atoms with E-state index in [-0.39, 0.29) is 17.7 Å². The number of fused-ring (bicyclic) bond motifs is 1. The van der Waals surface area contributed by atoms with Crippen LogP contribution in [0.5, 0.6) is 11.5 Å². The third kappa shape index (κ3) is 3.76. The summed E-state index contributed by atoms with van der Waals surface area (Å²) in [5.41, 5.74) is -0.254. The van der Waals surface area contributed by atoms with E-state index in [1.54, 1.807) is 0 Å². The van der Waals surface area contributed by atoms with E-state index in [1.807, 2.05) is 45.0 Å². The smallest absolute Gasteiger partial charge is 0.189 e. The van der Waals surface area contributed by atoms with E-state index in [0.29, 0.717) is 24.7 Å². The zero-order valence-corrected chi connectivity index (χ0v) is 18.4. The van der Waals surface area contributed by atoms with Crippen LogP contribution in [0.15, 0.2) is 29.8 Å². The number of nitrogens with zero attached hydrogens (tertiary/aromatic N) is 3. The molecule has 3 rings (SSSR count). The summed E-state index contributed by atoms with van der Waals surface area (Å²) in [7, 11) is 2.05. The maximum absolute atomic E-state index is 10.2. The Morgan fingerprint density at radius 3 is 2.52 bits per heavy atom. The van der Waals surface area contributed by atoms with Crippen molar-refractivity contribution < 1.29 is 14.4 Å². The predicted molar refractivity (Wildman–Crippen MR) is 115 cm³/mol. The molecule has 160 valence electrons. The van der Waals surface area contributed by atoms with Crippen LogP contribution in [0.3, 0.4) is 0 Å². The second-order valence-electron chi connectivity index (χ2n) is 8.47. The lowest BCUT2D eigenvalue weighted by Crippen LogP contribution is -3.10. The number of rotatable bonds is 5. The number of hydrogen-bond donors (Lipinski definition) is 2. The molecule has 1 heterocycles. The number of likely N-dealkylation sites (N-methyl/N-ethyl adjacent to an activating group) is 1. The highest BCUT2D eigenvalue weighted by molar-refractivity contribution is 6.00. The molecule has 31 heavy (non-hydrogen) atoms. The first kappa shape index (κ1) is 22.3.